The van der Waals surface area contributed by atoms with Crippen LogP contribution in [-0.2, 0) is 9.53 Å². The van der Waals surface area contributed by atoms with Crippen molar-refractivity contribution in [3.63, 3.8) is 0 Å². The number of amides is 2. The molecule has 7 heteroatoms. The third kappa shape index (κ3) is 5.15. The van der Waals surface area contributed by atoms with E-state index in [-0.39, 0.29) is 11.8 Å². The zero-order chi connectivity index (χ0) is 18.2. The molecular weight excluding hydrogens is 340 g/mol. The minimum absolute atomic E-state index is 0.144. The van der Waals surface area contributed by atoms with Crippen molar-refractivity contribution in [1.29, 1.82) is 0 Å². The lowest BCUT2D eigenvalue weighted by atomic mass is 10.2. The molecule has 0 aliphatic carbocycles. The van der Waals surface area contributed by atoms with Crippen molar-refractivity contribution in [3.8, 4) is 0 Å². The van der Waals surface area contributed by atoms with Crippen LogP contribution in [0.2, 0.25) is 0 Å². The number of anilines is 1. The van der Waals surface area contributed by atoms with Crippen LogP contribution in [0.25, 0.3) is 0 Å². The van der Waals surface area contributed by atoms with Crippen LogP contribution in [0.4, 0.5) is 5.69 Å². The summed E-state index contributed by atoms with van der Waals surface area (Å²) in [6, 6.07) is 10.2. The Morgan fingerprint density at radius 1 is 1.16 bits per heavy atom. The number of hydrogen-bond acceptors (Lipinski definition) is 5. The van der Waals surface area contributed by atoms with E-state index in [4.69, 9.17) is 4.74 Å². The lowest BCUT2D eigenvalue weighted by molar-refractivity contribution is -0.116. The second kappa shape index (κ2) is 8.98. The number of esters is 1. The molecule has 0 saturated heterocycles. The monoisotopic (exact) mass is 360 g/mol. The topological polar surface area (TPSA) is 75.7 Å². The highest BCUT2D eigenvalue weighted by Crippen LogP contribution is 2.16. The van der Waals surface area contributed by atoms with Crippen LogP contribution < -0.4 is 10.2 Å². The van der Waals surface area contributed by atoms with Gasteiger partial charge >= 0.3 is 5.97 Å². The van der Waals surface area contributed by atoms with E-state index in [1.165, 1.54) is 18.3 Å². The molecule has 2 amide bonds. The van der Waals surface area contributed by atoms with Crippen molar-refractivity contribution in [2.24, 2.45) is 0 Å². The predicted octanol–water partition coefficient (Wildman–Crippen LogP) is 2.71. The number of thiophene rings is 1. The molecule has 1 aromatic carbocycles. The fraction of sp³-hybridized carbons (Fsp3) is 0.278. The average molecular weight is 360 g/mol. The average Bonchev–Trinajstić information content (AvgIpc) is 3.13. The van der Waals surface area contributed by atoms with Crippen LogP contribution in [-0.4, -0.2) is 37.5 Å². The van der Waals surface area contributed by atoms with E-state index in [0.717, 1.165) is 0 Å². The second-order valence-electron chi connectivity index (χ2n) is 5.17. The van der Waals surface area contributed by atoms with Crippen LogP contribution in [0.15, 0.2) is 41.8 Å². The fourth-order valence-corrected chi connectivity index (χ4v) is 2.88. The molecule has 6 nitrogen and oxygen atoms in total. The molecule has 25 heavy (non-hydrogen) atoms. The van der Waals surface area contributed by atoms with Crippen LogP contribution in [0.1, 0.15) is 33.9 Å². The summed E-state index contributed by atoms with van der Waals surface area (Å²) in [6.07, 6.45) is 0. The number of benzene rings is 1. The van der Waals surface area contributed by atoms with Gasteiger partial charge in [-0.15, -0.1) is 11.3 Å². The molecule has 0 aliphatic rings. The van der Waals surface area contributed by atoms with E-state index in [2.05, 4.69) is 5.32 Å². The van der Waals surface area contributed by atoms with Crippen molar-refractivity contribution in [2.75, 3.05) is 24.6 Å². The van der Waals surface area contributed by atoms with Gasteiger partial charge in [0.2, 0.25) is 5.91 Å². The number of rotatable bonds is 7. The number of nitrogens with zero attached hydrogens (tertiary/aromatic N) is 1. The molecule has 0 saturated carbocycles. The highest BCUT2D eigenvalue weighted by Gasteiger charge is 2.14. The Balaban J connectivity index is 1.97. The minimum atomic E-state index is -0.397. The SMILES string of the molecule is CCOC(=O)c1ccc(N(CCNC(=O)c2cccs2)C(C)=O)cc1. The van der Waals surface area contributed by atoms with Gasteiger partial charge in [0, 0.05) is 25.7 Å². The first-order valence-electron chi connectivity index (χ1n) is 7.90. The van der Waals surface area contributed by atoms with Crippen LogP contribution >= 0.6 is 11.3 Å². The van der Waals surface area contributed by atoms with Crippen molar-refractivity contribution in [2.45, 2.75) is 13.8 Å². The Kier molecular flexibility index (Phi) is 6.71. The van der Waals surface area contributed by atoms with Crippen molar-refractivity contribution >= 4 is 34.8 Å². The second-order valence-corrected chi connectivity index (χ2v) is 6.12. The van der Waals surface area contributed by atoms with Gasteiger partial charge in [0.1, 0.15) is 0 Å². The Morgan fingerprint density at radius 2 is 1.88 bits per heavy atom. The first-order valence-corrected chi connectivity index (χ1v) is 8.78. The molecule has 0 aliphatic heterocycles. The molecule has 1 heterocycles. The highest BCUT2D eigenvalue weighted by atomic mass is 32.1. The van der Waals surface area contributed by atoms with Gasteiger partial charge in [-0.1, -0.05) is 6.07 Å². The Hall–Kier alpha value is -2.67. The third-order valence-corrected chi connectivity index (χ3v) is 4.30. The van der Waals surface area contributed by atoms with E-state index in [1.54, 1.807) is 42.2 Å². The summed E-state index contributed by atoms with van der Waals surface area (Å²) in [5, 5.41) is 4.63. The summed E-state index contributed by atoms with van der Waals surface area (Å²) in [6.45, 7) is 4.18. The van der Waals surface area contributed by atoms with Crippen LogP contribution in [0, 0.1) is 0 Å². The summed E-state index contributed by atoms with van der Waals surface area (Å²) in [7, 11) is 0. The van der Waals surface area contributed by atoms with E-state index >= 15 is 0 Å². The fourth-order valence-electron chi connectivity index (χ4n) is 2.24. The van der Waals surface area contributed by atoms with Crippen molar-refractivity contribution in [3.05, 3.63) is 52.2 Å². The van der Waals surface area contributed by atoms with Gasteiger partial charge in [-0.2, -0.15) is 0 Å². The molecule has 1 N–H and O–H groups in total. The summed E-state index contributed by atoms with van der Waals surface area (Å²) in [5.41, 5.74) is 1.09. The smallest absolute Gasteiger partial charge is 0.338 e. The maximum Gasteiger partial charge on any atom is 0.338 e. The molecule has 2 aromatic rings. The van der Waals surface area contributed by atoms with E-state index in [1.807, 2.05) is 11.4 Å². The lowest BCUT2D eigenvalue weighted by Crippen LogP contribution is -2.37. The van der Waals surface area contributed by atoms with Gasteiger partial charge in [-0.3, -0.25) is 9.59 Å². The maximum atomic E-state index is 11.9. The molecule has 0 spiro atoms. The molecule has 2 rings (SSSR count). The molecule has 132 valence electrons. The number of nitrogens with one attached hydrogen (secondary N) is 1. The molecule has 0 fully saturated rings. The first kappa shape index (κ1) is 18.7. The molecule has 1 aromatic heterocycles. The summed E-state index contributed by atoms with van der Waals surface area (Å²) in [5.74, 6) is -0.697. The molecule has 0 bridgehead atoms. The largest absolute Gasteiger partial charge is 0.462 e. The molecule has 0 radical (unpaired) electrons. The van der Waals surface area contributed by atoms with E-state index in [9.17, 15) is 14.4 Å². The third-order valence-electron chi connectivity index (χ3n) is 3.44. The normalized spacial score (nSPS) is 10.2. The summed E-state index contributed by atoms with van der Waals surface area (Å²) in [4.78, 5) is 37.7. The summed E-state index contributed by atoms with van der Waals surface area (Å²) >= 11 is 1.36. The summed E-state index contributed by atoms with van der Waals surface area (Å²) < 4.78 is 4.94. The first-order chi connectivity index (χ1) is 12.0. The van der Waals surface area contributed by atoms with Crippen LogP contribution in [0.5, 0.6) is 0 Å². The Labute approximate surface area is 150 Å². The zero-order valence-corrected chi connectivity index (χ0v) is 15.0. The lowest BCUT2D eigenvalue weighted by Gasteiger charge is -2.21. The number of ether oxygens (including phenoxy) is 1. The molecule has 0 unspecified atom stereocenters. The van der Waals surface area contributed by atoms with E-state index in [0.29, 0.717) is 35.8 Å². The van der Waals surface area contributed by atoms with Crippen molar-refractivity contribution in [1.82, 2.24) is 5.32 Å². The minimum Gasteiger partial charge on any atom is -0.462 e. The Bertz CT molecular complexity index is 726. The van der Waals surface area contributed by atoms with Crippen LogP contribution in [0.3, 0.4) is 0 Å². The van der Waals surface area contributed by atoms with Crippen molar-refractivity contribution < 1.29 is 19.1 Å². The molecule has 0 atom stereocenters. The standard InChI is InChI=1S/C18H20N2O4S/c1-3-24-18(23)14-6-8-15(9-7-14)20(13(2)21)11-10-19-17(22)16-5-4-12-25-16/h4-9,12H,3,10-11H2,1-2H3,(H,19,22). The highest BCUT2D eigenvalue weighted by molar-refractivity contribution is 7.12. The Morgan fingerprint density at radius 3 is 2.44 bits per heavy atom. The van der Waals surface area contributed by atoms with Gasteiger partial charge in [-0.05, 0) is 42.6 Å². The van der Waals surface area contributed by atoms with E-state index < -0.39 is 5.97 Å². The van der Waals surface area contributed by atoms with Gasteiger partial charge in [0.25, 0.3) is 5.91 Å². The quantitative estimate of drug-likeness (QED) is 0.771. The van der Waals surface area contributed by atoms with Gasteiger partial charge in [0.05, 0.1) is 17.0 Å². The predicted molar refractivity (Wildman–Crippen MR) is 97.1 cm³/mol. The number of carbonyl (C=O) groups excluding carboxylic acids is 3. The zero-order valence-electron chi connectivity index (χ0n) is 14.2. The molecular formula is C18H20N2O4S. The number of carbonyl (C=O) groups is 3. The van der Waals surface area contributed by atoms with Gasteiger partial charge in [0.15, 0.2) is 0 Å². The van der Waals surface area contributed by atoms with Gasteiger partial charge in [-0.25, -0.2) is 4.79 Å². The number of hydrogen-bond donors (Lipinski definition) is 1. The maximum absolute atomic E-state index is 11.9. The van der Waals surface area contributed by atoms with Gasteiger partial charge < -0.3 is 15.0 Å².